The average Bonchev–Trinajstić information content (AvgIpc) is 1.83. The van der Waals surface area contributed by atoms with E-state index in [0.29, 0.717) is 11.2 Å². The lowest BCUT2D eigenvalue weighted by molar-refractivity contribution is 1.33. The monoisotopic (exact) mass is 182 g/mol. The number of hydrogen-bond acceptors (Lipinski definition) is 2. The van der Waals surface area contributed by atoms with Crippen LogP contribution in [0.5, 0.6) is 0 Å². The van der Waals surface area contributed by atoms with E-state index in [1.165, 1.54) is 6.20 Å². The van der Waals surface area contributed by atoms with Gasteiger partial charge >= 0.3 is 0 Å². The molecule has 0 saturated carbocycles. The Morgan fingerprint density at radius 2 is 2.22 bits per heavy atom. The molecule has 1 heterocycles. The first-order chi connectivity index (χ1) is 4.22. The molecule has 2 N–H and O–H groups in total. The number of nitrogens with two attached hydrogens (primary N) is 1. The van der Waals surface area contributed by atoms with Gasteiger partial charge in [0.25, 0.3) is 0 Å². The fourth-order valence-corrected chi connectivity index (χ4v) is 0.807. The summed E-state index contributed by atoms with van der Waals surface area (Å²) < 4.78 is 0.738. The fourth-order valence-electron chi connectivity index (χ4n) is 0.460. The van der Waals surface area contributed by atoms with E-state index in [0.717, 1.165) is 4.47 Å². The number of halogens is 1. The highest BCUT2D eigenvalue weighted by Crippen LogP contribution is 2.12. The second-order valence-corrected chi connectivity index (χ2v) is 2.48. The van der Waals surface area contributed by atoms with Gasteiger partial charge in [-0.2, -0.15) is 0 Å². The predicted octanol–water partition coefficient (Wildman–Crippen LogP) is 0.220. The topological polar surface area (TPSA) is 38.9 Å². The minimum atomic E-state index is 0.504. The van der Waals surface area contributed by atoms with Crippen LogP contribution in [0, 0.1) is 0 Å². The van der Waals surface area contributed by atoms with Crippen LogP contribution in [-0.4, -0.2) is 12.8 Å². The van der Waals surface area contributed by atoms with E-state index < -0.39 is 0 Å². The zero-order chi connectivity index (χ0) is 6.85. The van der Waals surface area contributed by atoms with Gasteiger partial charge in [-0.15, -0.1) is 0 Å². The molecule has 0 atom stereocenters. The highest BCUT2D eigenvalue weighted by atomic mass is 79.9. The Hall–Kier alpha value is -0.505. The Labute approximate surface area is 63.0 Å². The van der Waals surface area contributed by atoms with Crippen molar-refractivity contribution in [1.29, 1.82) is 0 Å². The summed E-state index contributed by atoms with van der Waals surface area (Å²) in [5, 5.41) is 0. The van der Waals surface area contributed by atoms with Gasteiger partial charge in [0.05, 0.1) is 4.47 Å². The minimum Gasteiger partial charge on any atom is -0.398 e. The summed E-state index contributed by atoms with van der Waals surface area (Å²) in [6.45, 7) is 0. The molecule has 0 aliphatic carbocycles. The van der Waals surface area contributed by atoms with Crippen LogP contribution in [0.1, 0.15) is 0 Å². The Balaban J connectivity index is 3.25. The van der Waals surface area contributed by atoms with E-state index in [9.17, 15) is 0 Å². The SMILES string of the molecule is [B]c1cncc(Br)c1N. The summed E-state index contributed by atoms with van der Waals surface area (Å²) in [6.07, 6.45) is 3.12. The van der Waals surface area contributed by atoms with E-state index in [1.807, 2.05) is 0 Å². The van der Waals surface area contributed by atoms with Crippen LogP contribution in [0.25, 0.3) is 0 Å². The average molecular weight is 183 g/mol. The lowest BCUT2D eigenvalue weighted by Gasteiger charge is -1.98. The normalized spacial score (nSPS) is 9.44. The highest BCUT2D eigenvalue weighted by molar-refractivity contribution is 9.10. The molecule has 1 aromatic heterocycles. The number of hydrogen-bond donors (Lipinski definition) is 1. The largest absolute Gasteiger partial charge is 0.398 e. The molecule has 1 rings (SSSR count). The van der Waals surface area contributed by atoms with Gasteiger partial charge in [0, 0.05) is 18.1 Å². The van der Waals surface area contributed by atoms with E-state index in [4.69, 9.17) is 13.6 Å². The molecule has 0 spiro atoms. The molecule has 2 nitrogen and oxygen atoms in total. The number of aromatic nitrogens is 1. The molecule has 0 aliphatic rings. The van der Waals surface area contributed by atoms with Crippen LogP contribution in [-0.2, 0) is 0 Å². The summed E-state index contributed by atoms with van der Waals surface area (Å²) in [7, 11) is 5.40. The second kappa shape index (κ2) is 2.39. The van der Waals surface area contributed by atoms with Gasteiger partial charge < -0.3 is 5.73 Å². The minimum absolute atomic E-state index is 0.504. The van der Waals surface area contributed by atoms with Crippen molar-refractivity contribution >= 4 is 34.9 Å². The van der Waals surface area contributed by atoms with Gasteiger partial charge in [0.15, 0.2) is 0 Å². The maximum atomic E-state index is 5.47. The molecule has 0 fully saturated rings. The molecule has 1 aromatic rings. The first kappa shape index (κ1) is 6.61. The summed E-state index contributed by atoms with van der Waals surface area (Å²) in [6, 6.07) is 0. The number of rotatable bonds is 0. The van der Waals surface area contributed by atoms with Crippen molar-refractivity contribution in [3.05, 3.63) is 16.9 Å². The van der Waals surface area contributed by atoms with Crippen molar-refractivity contribution in [1.82, 2.24) is 4.98 Å². The van der Waals surface area contributed by atoms with Crippen LogP contribution in [0.15, 0.2) is 16.9 Å². The second-order valence-electron chi connectivity index (χ2n) is 1.62. The van der Waals surface area contributed by atoms with Gasteiger partial charge in [-0.3, -0.25) is 4.98 Å². The van der Waals surface area contributed by atoms with Gasteiger partial charge in [-0.1, -0.05) is 5.46 Å². The predicted molar refractivity (Wildman–Crippen MR) is 41.7 cm³/mol. The molecule has 0 unspecified atom stereocenters. The Kier molecular flexibility index (Phi) is 1.76. The molecule has 0 aromatic carbocycles. The molecule has 4 heteroatoms. The number of nitrogens with zero attached hydrogens (tertiary/aromatic N) is 1. The molecule has 9 heavy (non-hydrogen) atoms. The van der Waals surface area contributed by atoms with Crippen LogP contribution in [0.4, 0.5) is 5.69 Å². The summed E-state index contributed by atoms with van der Waals surface area (Å²) >= 11 is 3.18. The number of anilines is 1. The van der Waals surface area contributed by atoms with E-state index in [2.05, 4.69) is 20.9 Å². The van der Waals surface area contributed by atoms with Crippen molar-refractivity contribution in [2.75, 3.05) is 5.73 Å². The summed E-state index contributed by atoms with van der Waals surface area (Å²) in [5.41, 5.74) is 6.52. The summed E-state index contributed by atoms with van der Waals surface area (Å²) in [4.78, 5) is 3.79. The van der Waals surface area contributed by atoms with Gasteiger partial charge in [-0.25, -0.2) is 0 Å². The molecule has 0 saturated heterocycles. The third-order valence-electron chi connectivity index (χ3n) is 0.970. The lowest BCUT2D eigenvalue weighted by Crippen LogP contribution is -2.10. The lowest BCUT2D eigenvalue weighted by atomic mass is 9.97. The van der Waals surface area contributed by atoms with Crippen molar-refractivity contribution in [3.8, 4) is 0 Å². The third kappa shape index (κ3) is 1.24. The van der Waals surface area contributed by atoms with Crippen LogP contribution in [0.3, 0.4) is 0 Å². The van der Waals surface area contributed by atoms with Crippen LogP contribution >= 0.6 is 15.9 Å². The van der Waals surface area contributed by atoms with Crippen molar-refractivity contribution < 1.29 is 0 Å². The fraction of sp³-hybridized carbons (Fsp3) is 0. The maximum Gasteiger partial charge on any atom is 0.118 e. The number of nitrogen functional groups attached to an aromatic ring is 1. The maximum absolute atomic E-state index is 5.47. The number of pyridine rings is 1. The molecule has 2 radical (unpaired) electrons. The Morgan fingerprint density at radius 1 is 1.56 bits per heavy atom. The third-order valence-corrected chi connectivity index (χ3v) is 1.60. The quantitative estimate of drug-likeness (QED) is 0.584. The van der Waals surface area contributed by atoms with Crippen molar-refractivity contribution in [2.45, 2.75) is 0 Å². The zero-order valence-electron chi connectivity index (χ0n) is 4.63. The molecule has 44 valence electrons. The van der Waals surface area contributed by atoms with Crippen molar-refractivity contribution in [3.63, 3.8) is 0 Å². The summed E-state index contributed by atoms with van der Waals surface area (Å²) in [5.74, 6) is 0. The molecule has 0 bridgehead atoms. The Bertz CT molecular complexity index is 206. The molecule has 0 aliphatic heterocycles. The van der Waals surface area contributed by atoms with E-state index in [-0.39, 0.29) is 0 Å². The van der Waals surface area contributed by atoms with Crippen molar-refractivity contribution in [2.24, 2.45) is 0 Å². The van der Waals surface area contributed by atoms with Crippen LogP contribution in [0.2, 0.25) is 0 Å². The van der Waals surface area contributed by atoms with Gasteiger partial charge in [0.1, 0.15) is 7.85 Å². The highest BCUT2D eigenvalue weighted by Gasteiger charge is 1.95. The zero-order valence-corrected chi connectivity index (χ0v) is 6.22. The first-order valence-corrected chi connectivity index (χ1v) is 3.15. The van der Waals surface area contributed by atoms with Crippen LogP contribution < -0.4 is 11.2 Å². The first-order valence-electron chi connectivity index (χ1n) is 2.36. The molecular formula is C5H4BBrN2. The standard InChI is InChI=1S/C5H4BBrN2/c6-3-1-9-2-4(7)5(3)8/h1-2H,(H2,8,9). The Morgan fingerprint density at radius 3 is 2.67 bits per heavy atom. The van der Waals surface area contributed by atoms with E-state index in [1.54, 1.807) is 6.20 Å². The van der Waals surface area contributed by atoms with Gasteiger partial charge in [0.2, 0.25) is 0 Å². The van der Waals surface area contributed by atoms with Gasteiger partial charge in [-0.05, 0) is 15.9 Å². The van der Waals surface area contributed by atoms with E-state index >= 15 is 0 Å². The molecule has 0 amide bonds. The molecular weight excluding hydrogens is 179 g/mol. The smallest absolute Gasteiger partial charge is 0.118 e.